The molecule has 3 aromatic carbocycles. The van der Waals surface area contributed by atoms with E-state index < -0.39 is 29.2 Å². The Labute approximate surface area is 251 Å². The predicted molar refractivity (Wildman–Crippen MR) is 163 cm³/mol. The predicted octanol–water partition coefficient (Wildman–Crippen LogP) is 3.75. The molecule has 1 amide bonds. The molecule has 0 aliphatic rings. The SMILES string of the molecule is CCN(C)CCOc1ccc2c(c1)c(=O)n(-c1ccc(C[C@H](NC(=O)c3c(Cl)cccc3Cl)C(=O)O)cc1)c(=O)n2C. The van der Waals surface area contributed by atoms with Gasteiger partial charge < -0.3 is 20.1 Å². The van der Waals surface area contributed by atoms with Crippen LogP contribution in [-0.4, -0.2) is 63.8 Å². The number of likely N-dealkylation sites (N-methyl/N-ethyl adjacent to an activating group) is 1. The third-order valence-electron chi connectivity index (χ3n) is 6.95. The highest BCUT2D eigenvalue weighted by molar-refractivity contribution is 6.39. The second-order valence-electron chi connectivity index (χ2n) is 9.74. The number of hydrogen-bond acceptors (Lipinski definition) is 6. The molecule has 2 N–H and O–H groups in total. The number of aromatic nitrogens is 2. The first-order chi connectivity index (χ1) is 20.0. The van der Waals surface area contributed by atoms with Crippen LogP contribution in [0.1, 0.15) is 22.8 Å². The summed E-state index contributed by atoms with van der Waals surface area (Å²) in [6.45, 7) is 4.10. The standard InChI is InChI=1S/C30H30Cl2N4O6/c1-4-34(2)14-15-42-20-12-13-25-21(17-20)28(38)36(30(41)35(25)3)19-10-8-18(9-11-19)16-24(29(39)40)33-27(37)26-22(31)6-5-7-23(26)32/h5-13,17,24H,4,14-16H2,1-3H3,(H,33,37)(H,39,40)/t24-/m0/s1. The summed E-state index contributed by atoms with van der Waals surface area (Å²) in [5.41, 5.74) is 0.261. The second-order valence-corrected chi connectivity index (χ2v) is 10.6. The maximum absolute atomic E-state index is 13.5. The number of carboxylic acid groups (broad SMARTS) is 1. The van der Waals surface area contributed by atoms with Crippen LogP contribution >= 0.6 is 23.2 Å². The van der Waals surface area contributed by atoms with E-state index in [1.807, 2.05) is 14.0 Å². The van der Waals surface area contributed by atoms with Crippen molar-refractivity contribution in [3.8, 4) is 11.4 Å². The molecule has 0 bridgehead atoms. The number of amides is 1. The van der Waals surface area contributed by atoms with Crippen LogP contribution in [-0.2, 0) is 18.3 Å². The summed E-state index contributed by atoms with van der Waals surface area (Å²) in [6, 6.07) is 14.6. The van der Waals surface area contributed by atoms with Gasteiger partial charge in [-0.25, -0.2) is 14.2 Å². The van der Waals surface area contributed by atoms with Crippen molar-refractivity contribution in [1.29, 1.82) is 0 Å². The average molecular weight is 613 g/mol. The fourth-order valence-electron chi connectivity index (χ4n) is 4.40. The molecule has 220 valence electrons. The fourth-order valence-corrected chi connectivity index (χ4v) is 4.97. The van der Waals surface area contributed by atoms with E-state index in [1.165, 1.54) is 16.7 Å². The molecule has 0 aliphatic heterocycles. The minimum atomic E-state index is -1.29. The molecule has 1 aromatic heterocycles. The molecule has 0 unspecified atom stereocenters. The number of carbonyl (C=O) groups is 2. The summed E-state index contributed by atoms with van der Waals surface area (Å²) in [6.07, 6.45) is -0.0675. The molecule has 1 atom stereocenters. The number of rotatable bonds is 11. The van der Waals surface area contributed by atoms with Gasteiger partial charge in [0.15, 0.2) is 0 Å². The maximum atomic E-state index is 13.5. The van der Waals surface area contributed by atoms with Crippen molar-refractivity contribution in [3.05, 3.63) is 103 Å². The van der Waals surface area contributed by atoms with Crippen molar-refractivity contribution in [3.63, 3.8) is 0 Å². The number of aliphatic carboxylic acids is 1. The Balaban J connectivity index is 1.59. The fraction of sp³-hybridized carbons (Fsp3) is 0.267. The Morgan fingerprint density at radius 1 is 1.05 bits per heavy atom. The van der Waals surface area contributed by atoms with E-state index in [-0.39, 0.29) is 22.0 Å². The Bertz CT molecular complexity index is 1730. The Kier molecular flexibility index (Phi) is 9.72. The Morgan fingerprint density at radius 3 is 2.33 bits per heavy atom. The number of carboxylic acids is 1. The molecule has 4 aromatic rings. The quantitative estimate of drug-likeness (QED) is 0.264. The first-order valence-electron chi connectivity index (χ1n) is 13.2. The molecule has 0 spiro atoms. The van der Waals surface area contributed by atoms with Crippen LogP contribution in [0.15, 0.2) is 70.3 Å². The lowest BCUT2D eigenvalue weighted by molar-refractivity contribution is -0.139. The van der Waals surface area contributed by atoms with Gasteiger partial charge in [0, 0.05) is 20.0 Å². The summed E-state index contributed by atoms with van der Waals surface area (Å²) in [5.74, 6) is -1.46. The van der Waals surface area contributed by atoms with E-state index in [0.29, 0.717) is 34.5 Å². The molecule has 4 rings (SSSR count). The van der Waals surface area contributed by atoms with Crippen LogP contribution in [0.4, 0.5) is 0 Å². The molecule has 0 radical (unpaired) electrons. The number of ether oxygens (including phenoxy) is 1. The summed E-state index contributed by atoms with van der Waals surface area (Å²) < 4.78 is 8.26. The molecule has 10 nitrogen and oxygen atoms in total. The molecular weight excluding hydrogens is 583 g/mol. The lowest BCUT2D eigenvalue weighted by atomic mass is 10.0. The van der Waals surface area contributed by atoms with Gasteiger partial charge in [-0.15, -0.1) is 0 Å². The number of nitrogens with zero attached hydrogens (tertiary/aromatic N) is 3. The highest BCUT2D eigenvalue weighted by atomic mass is 35.5. The van der Waals surface area contributed by atoms with E-state index in [1.54, 1.807) is 55.6 Å². The van der Waals surface area contributed by atoms with Gasteiger partial charge in [0.25, 0.3) is 11.5 Å². The van der Waals surface area contributed by atoms with Crippen molar-refractivity contribution in [2.45, 2.75) is 19.4 Å². The van der Waals surface area contributed by atoms with Crippen molar-refractivity contribution in [2.24, 2.45) is 7.05 Å². The van der Waals surface area contributed by atoms with Gasteiger partial charge in [-0.2, -0.15) is 0 Å². The molecule has 1 heterocycles. The van der Waals surface area contributed by atoms with Gasteiger partial charge in [0.05, 0.1) is 32.2 Å². The normalized spacial score (nSPS) is 12.0. The first kappa shape index (κ1) is 30.8. The lowest BCUT2D eigenvalue weighted by Crippen LogP contribution is -2.42. The summed E-state index contributed by atoms with van der Waals surface area (Å²) in [4.78, 5) is 53.4. The average Bonchev–Trinajstić information content (AvgIpc) is 2.96. The van der Waals surface area contributed by atoms with Gasteiger partial charge in [0.1, 0.15) is 18.4 Å². The first-order valence-corrected chi connectivity index (χ1v) is 13.9. The topological polar surface area (TPSA) is 123 Å². The smallest absolute Gasteiger partial charge is 0.335 e. The molecule has 42 heavy (non-hydrogen) atoms. The van der Waals surface area contributed by atoms with Gasteiger partial charge in [-0.1, -0.05) is 48.3 Å². The van der Waals surface area contributed by atoms with Gasteiger partial charge in [-0.05, 0) is 61.6 Å². The lowest BCUT2D eigenvalue weighted by Gasteiger charge is -2.17. The van der Waals surface area contributed by atoms with Crippen LogP contribution in [0.25, 0.3) is 16.6 Å². The molecule has 0 saturated carbocycles. The van der Waals surface area contributed by atoms with Gasteiger partial charge in [0.2, 0.25) is 0 Å². The number of aryl methyl sites for hydroxylation is 1. The minimum Gasteiger partial charge on any atom is -0.492 e. The zero-order valence-electron chi connectivity index (χ0n) is 23.3. The van der Waals surface area contributed by atoms with Crippen LogP contribution in [0, 0.1) is 0 Å². The number of carbonyl (C=O) groups excluding carboxylic acids is 1. The monoisotopic (exact) mass is 612 g/mol. The van der Waals surface area contributed by atoms with E-state index in [9.17, 15) is 24.3 Å². The second kappa shape index (κ2) is 13.2. The zero-order valence-corrected chi connectivity index (χ0v) is 24.8. The van der Waals surface area contributed by atoms with E-state index in [4.69, 9.17) is 27.9 Å². The van der Waals surface area contributed by atoms with Gasteiger partial charge >= 0.3 is 11.7 Å². The van der Waals surface area contributed by atoms with Crippen molar-refractivity contribution in [1.82, 2.24) is 19.4 Å². The summed E-state index contributed by atoms with van der Waals surface area (Å²) in [7, 11) is 3.56. The van der Waals surface area contributed by atoms with E-state index in [2.05, 4.69) is 10.2 Å². The molecule has 12 heteroatoms. The molecule has 0 aliphatic carbocycles. The van der Waals surface area contributed by atoms with Crippen molar-refractivity contribution >= 4 is 46.0 Å². The van der Waals surface area contributed by atoms with Crippen LogP contribution < -0.4 is 21.3 Å². The maximum Gasteiger partial charge on any atom is 0.335 e. The third kappa shape index (κ3) is 6.67. The zero-order chi connectivity index (χ0) is 30.6. The van der Waals surface area contributed by atoms with Crippen molar-refractivity contribution in [2.75, 3.05) is 26.7 Å². The Hall–Kier alpha value is -4.12. The van der Waals surface area contributed by atoms with Crippen LogP contribution in [0.2, 0.25) is 10.0 Å². The van der Waals surface area contributed by atoms with Crippen LogP contribution in [0.5, 0.6) is 5.75 Å². The molecular formula is C30H30Cl2N4O6. The van der Waals surface area contributed by atoms with E-state index in [0.717, 1.165) is 17.7 Å². The summed E-state index contributed by atoms with van der Waals surface area (Å²) >= 11 is 12.2. The van der Waals surface area contributed by atoms with Crippen LogP contribution in [0.3, 0.4) is 0 Å². The number of fused-ring (bicyclic) bond motifs is 1. The highest BCUT2D eigenvalue weighted by Gasteiger charge is 2.24. The van der Waals surface area contributed by atoms with Gasteiger partial charge in [-0.3, -0.25) is 14.2 Å². The highest BCUT2D eigenvalue weighted by Crippen LogP contribution is 2.24. The number of benzene rings is 3. The van der Waals surface area contributed by atoms with Crippen molar-refractivity contribution < 1.29 is 19.4 Å². The molecule has 0 fully saturated rings. The number of halogens is 2. The largest absolute Gasteiger partial charge is 0.492 e. The third-order valence-corrected chi connectivity index (χ3v) is 7.58. The number of nitrogens with one attached hydrogen (secondary N) is 1. The summed E-state index contributed by atoms with van der Waals surface area (Å²) in [5, 5.41) is 12.7. The minimum absolute atomic E-state index is 0.0178. The Morgan fingerprint density at radius 2 is 1.71 bits per heavy atom. The number of hydrogen-bond donors (Lipinski definition) is 2. The molecule has 0 saturated heterocycles. The van der Waals surface area contributed by atoms with E-state index >= 15 is 0 Å².